The molecule has 0 aliphatic carbocycles. The topological polar surface area (TPSA) is 74.8 Å². The first-order valence-corrected chi connectivity index (χ1v) is 5.34. The Labute approximate surface area is 112 Å². The molecule has 0 spiro atoms. The van der Waals surface area contributed by atoms with Gasteiger partial charge in [0.1, 0.15) is 11.5 Å². The quantitative estimate of drug-likeness (QED) is 0.585. The minimum Gasteiger partial charge on any atom is -0.382 e. The maximum absolute atomic E-state index is 7.32. The summed E-state index contributed by atoms with van der Waals surface area (Å²) >= 11 is 0. The van der Waals surface area contributed by atoms with Gasteiger partial charge in [0.2, 0.25) is 0 Å². The number of benzene rings is 1. The highest BCUT2D eigenvalue weighted by Gasteiger charge is 1.99. The Hall–Kier alpha value is -2.07. The van der Waals surface area contributed by atoms with Crippen LogP contribution in [-0.2, 0) is 6.54 Å². The molecular formula is C13H15ClN4. The zero-order valence-electron chi connectivity index (χ0n) is 9.76. The van der Waals surface area contributed by atoms with E-state index in [1.54, 1.807) is 6.20 Å². The third kappa shape index (κ3) is 3.75. The van der Waals surface area contributed by atoms with Crippen LogP contribution in [0.1, 0.15) is 11.3 Å². The van der Waals surface area contributed by atoms with Gasteiger partial charge in [-0.1, -0.05) is 18.2 Å². The van der Waals surface area contributed by atoms with Crippen molar-refractivity contribution < 1.29 is 0 Å². The van der Waals surface area contributed by atoms with E-state index in [0.29, 0.717) is 12.2 Å². The Morgan fingerprint density at radius 1 is 1.22 bits per heavy atom. The van der Waals surface area contributed by atoms with E-state index in [2.05, 4.69) is 10.3 Å². The number of nitrogens with two attached hydrogens (primary N) is 1. The summed E-state index contributed by atoms with van der Waals surface area (Å²) in [7, 11) is 0. The van der Waals surface area contributed by atoms with Crippen molar-refractivity contribution in [1.29, 1.82) is 5.41 Å². The summed E-state index contributed by atoms with van der Waals surface area (Å²) in [6, 6.07) is 13.7. The molecule has 2 rings (SSSR count). The van der Waals surface area contributed by atoms with E-state index in [1.165, 1.54) is 0 Å². The molecule has 1 aromatic carbocycles. The van der Waals surface area contributed by atoms with Crippen LogP contribution in [0, 0.1) is 5.41 Å². The molecular weight excluding hydrogens is 248 g/mol. The molecule has 1 heterocycles. The first kappa shape index (κ1) is 14.0. The van der Waals surface area contributed by atoms with Gasteiger partial charge < -0.3 is 11.1 Å². The number of rotatable bonds is 4. The van der Waals surface area contributed by atoms with Crippen LogP contribution >= 0.6 is 12.4 Å². The number of nitrogen functional groups attached to an aromatic ring is 1. The van der Waals surface area contributed by atoms with Gasteiger partial charge in [0, 0.05) is 18.4 Å². The SMILES string of the molecule is Cl.N=C(N)c1cc(CNc2ccccc2)ccn1. The van der Waals surface area contributed by atoms with Crippen molar-refractivity contribution in [2.75, 3.05) is 5.32 Å². The minimum atomic E-state index is -0.00781. The lowest BCUT2D eigenvalue weighted by atomic mass is 10.2. The monoisotopic (exact) mass is 262 g/mol. The van der Waals surface area contributed by atoms with Crippen LogP contribution in [0.3, 0.4) is 0 Å². The normalized spacial score (nSPS) is 9.33. The molecule has 0 aliphatic heterocycles. The van der Waals surface area contributed by atoms with Gasteiger partial charge in [0.15, 0.2) is 0 Å². The van der Waals surface area contributed by atoms with Crippen molar-refractivity contribution in [1.82, 2.24) is 4.98 Å². The van der Waals surface area contributed by atoms with Crippen LogP contribution in [0.5, 0.6) is 0 Å². The first-order valence-electron chi connectivity index (χ1n) is 5.34. The summed E-state index contributed by atoms with van der Waals surface area (Å²) in [5, 5.41) is 10.6. The Morgan fingerprint density at radius 3 is 2.61 bits per heavy atom. The summed E-state index contributed by atoms with van der Waals surface area (Å²) in [4.78, 5) is 4.02. The molecule has 0 amide bonds. The molecule has 0 radical (unpaired) electrons. The molecule has 5 heteroatoms. The largest absolute Gasteiger partial charge is 0.382 e. The highest BCUT2D eigenvalue weighted by atomic mass is 35.5. The fourth-order valence-electron chi connectivity index (χ4n) is 1.49. The third-order valence-electron chi connectivity index (χ3n) is 2.37. The number of nitrogens with one attached hydrogen (secondary N) is 2. The number of aromatic nitrogens is 1. The molecule has 0 unspecified atom stereocenters. The Morgan fingerprint density at radius 2 is 1.94 bits per heavy atom. The standard InChI is InChI=1S/C13H14N4.ClH/c14-13(15)12-8-10(6-7-16-12)9-17-11-4-2-1-3-5-11;/h1-8,17H,9H2,(H3,14,15);1H. The maximum atomic E-state index is 7.32. The molecule has 0 fully saturated rings. The van der Waals surface area contributed by atoms with E-state index in [1.807, 2.05) is 42.5 Å². The Balaban J connectivity index is 0.00000162. The number of nitrogens with zero attached hydrogens (tertiary/aromatic N) is 1. The average Bonchev–Trinajstić information content (AvgIpc) is 2.38. The van der Waals surface area contributed by atoms with Crippen LogP contribution in [0.2, 0.25) is 0 Å². The summed E-state index contributed by atoms with van der Waals surface area (Å²) in [6.45, 7) is 0.687. The second-order valence-electron chi connectivity index (χ2n) is 3.68. The minimum absolute atomic E-state index is 0. The lowest BCUT2D eigenvalue weighted by molar-refractivity contribution is 1.12. The third-order valence-corrected chi connectivity index (χ3v) is 2.37. The van der Waals surface area contributed by atoms with Crippen molar-refractivity contribution in [2.45, 2.75) is 6.54 Å². The van der Waals surface area contributed by atoms with Crippen molar-refractivity contribution >= 4 is 23.9 Å². The number of hydrogen-bond donors (Lipinski definition) is 3. The van der Waals surface area contributed by atoms with Crippen molar-refractivity contribution in [3.05, 3.63) is 59.9 Å². The van der Waals surface area contributed by atoms with Gasteiger partial charge in [-0.3, -0.25) is 10.4 Å². The van der Waals surface area contributed by atoms with Gasteiger partial charge in [-0.25, -0.2) is 0 Å². The number of anilines is 1. The van der Waals surface area contributed by atoms with Gasteiger partial charge in [-0.15, -0.1) is 12.4 Å². The molecule has 0 bridgehead atoms. The number of hydrogen-bond acceptors (Lipinski definition) is 3. The van der Waals surface area contributed by atoms with E-state index in [0.717, 1.165) is 11.3 Å². The smallest absolute Gasteiger partial charge is 0.141 e. The second kappa shape index (κ2) is 6.61. The molecule has 4 nitrogen and oxygen atoms in total. The number of para-hydroxylation sites is 1. The fourth-order valence-corrected chi connectivity index (χ4v) is 1.49. The molecule has 2 aromatic rings. The van der Waals surface area contributed by atoms with E-state index < -0.39 is 0 Å². The molecule has 0 atom stereocenters. The summed E-state index contributed by atoms with van der Waals surface area (Å²) in [6.07, 6.45) is 1.67. The fraction of sp³-hybridized carbons (Fsp3) is 0.0769. The molecule has 0 saturated heterocycles. The first-order chi connectivity index (χ1) is 8.25. The van der Waals surface area contributed by atoms with Gasteiger partial charge in [0.05, 0.1) is 0 Å². The lowest BCUT2D eigenvalue weighted by Crippen LogP contribution is -2.13. The van der Waals surface area contributed by atoms with Crippen molar-refractivity contribution in [3.63, 3.8) is 0 Å². The zero-order valence-corrected chi connectivity index (χ0v) is 10.6. The number of pyridine rings is 1. The summed E-state index contributed by atoms with van der Waals surface area (Å²) in [5.74, 6) is -0.00781. The molecule has 1 aromatic heterocycles. The molecule has 0 aliphatic rings. The average molecular weight is 263 g/mol. The van der Waals surface area contributed by atoms with Crippen molar-refractivity contribution in [2.24, 2.45) is 5.73 Å². The van der Waals surface area contributed by atoms with E-state index in [9.17, 15) is 0 Å². The molecule has 0 saturated carbocycles. The van der Waals surface area contributed by atoms with Crippen LogP contribution in [0.4, 0.5) is 5.69 Å². The number of halogens is 1. The highest BCUT2D eigenvalue weighted by Crippen LogP contribution is 2.08. The van der Waals surface area contributed by atoms with Crippen molar-refractivity contribution in [3.8, 4) is 0 Å². The van der Waals surface area contributed by atoms with E-state index in [4.69, 9.17) is 11.1 Å². The molecule has 18 heavy (non-hydrogen) atoms. The predicted octanol–water partition coefficient (Wildman–Crippen LogP) is 2.40. The van der Waals surface area contributed by atoms with Gasteiger partial charge >= 0.3 is 0 Å². The molecule has 94 valence electrons. The summed E-state index contributed by atoms with van der Waals surface area (Å²) in [5.41, 5.74) is 8.02. The Kier molecular flexibility index (Phi) is 5.14. The van der Waals surface area contributed by atoms with Gasteiger partial charge in [-0.05, 0) is 29.8 Å². The van der Waals surface area contributed by atoms with Crippen LogP contribution < -0.4 is 11.1 Å². The maximum Gasteiger partial charge on any atom is 0.141 e. The number of amidine groups is 1. The van der Waals surface area contributed by atoms with Gasteiger partial charge in [-0.2, -0.15) is 0 Å². The second-order valence-corrected chi connectivity index (χ2v) is 3.68. The predicted molar refractivity (Wildman–Crippen MR) is 76.3 cm³/mol. The van der Waals surface area contributed by atoms with E-state index in [-0.39, 0.29) is 18.2 Å². The van der Waals surface area contributed by atoms with Crippen LogP contribution in [-0.4, -0.2) is 10.8 Å². The highest BCUT2D eigenvalue weighted by molar-refractivity contribution is 5.93. The lowest BCUT2D eigenvalue weighted by Gasteiger charge is -2.07. The zero-order chi connectivity index (χ0) is 12.1. The molecule has 4 N–H and O–H groups in total. The summed E-state index contributed by atoms with van der Waals surface area (Å²) < 4.78 is 0. The van der Waals surface area contributed by atoms with Crippen LogP contribution in [0.25, 0.3) is 0 Å². The van der Waals surface area contributed by atoms with Crippen LogP contribution in [0.15, 0.2) is 48.7 Å². The van der Waals surface area contributed by atoms with E-state index >= 15 is 0 Å². The Bertz CT molecular complexity index is 513. The van der Waals surface area contributed by atoms with Gasteiger partial charge in [0.25, 0.3) is 0 Å².